The van der Waals surface area contributed by atoms with E-state index < -0.39 is 6.10 Å². The number of ketones is 1. The summed E-state index contributed by atoms with van der Waals surface area (Å²) < 4.78 is 5.85. The Balaban J connectivity index is 2.09. The predicted octanol–water partition coefficient (Wildman–Crippen LogP) is 3.13. The molecular weight excluding hydrogens is 284 g/mol. The Bertz CT molecular complexity index is 762. The number of benzene rings is 2. The number of ether oxygens (including phenoxy) is 1. The standard InChI is InChI=1S/C17H16O5/c1-8-15(20)9(2)17-14(16(8)21)12(19)7-13(22-17)10-3-5-11(18)6-4-10/h3-6,13,18,20-21H,7H2,1-2H3/t13-/m0/s1. The molecule has 2 aromatic carbocycles. The summed E-state index contributed by atoms with van der Waals surface area (Å²) in [5.74, 6) is -0.186. The first-order valence-electron chi connectivity index (χ1n) is 6.94. The minimum Gasteiger partial charge on any atom is -0.508 e. The van der Waals surface area contributed by atoms with E-state index in [1.165, 1.54) is 12.1 Å². The zero-order valence-corrected chi connectivity index (χ0v) is 12.3. The van der Waals surface area contributed by atoms with Gasteiger partial charge in [-0.3, -0.25) is 4.79 Å². The van der Waals surface area contributed by atoms with Gasteiger partial charge in [0.25, 0.3) is 0 Å². The normalized spacial score (nSPS) is 17.0. The number of hydrogen-bond acceptors (Lipinski definition) is 5. The quantitative estimate of drug-likeness (QED) is 0.753. The second-order valence-corrected chi connectivity index (χ2v) is 5.48. The van der Waals surface area contributed by atoms with Crippen LogP contribution >= 0.6 is 0 Å². The van der Waals surface area contributed by atoms with Gasteiger partial charge in [-0.2, -0.15) is 0 Å². The van der Waals surface area contributed by atoms with Crippen LogP contribution in [0.2, 0.25) is 0 Å². The fourth-order valence-corrected chi connectivity index (χ4v) is 2.72. The van der Waals surface area contributed by atoms with E-state index in [1.807, 2.05) is 0 Å². The van der Waals surface area contributed by atoms with Gasteiger partial charge >= 0.3 is 0 Å². The van der Waals surface area contributed by atoms with Gasteiger partial charge in [0.1, 0.15) is 34.7 Å². The van der Waals surface area contributed by atoms with Crippen LogP contribution < -0.4 is 4.74 Å². The molecule has 0 unspecified atom stereocenters. The number of phenolic OH excluding ortho intramolecular Hbond substituents is 3. The highest BCUT2D eigenvalue weighted by atomic mass is 16.5. The van der Waals surface area contributed by atoms with Crippen molar-refractivity contribution in [2.24, 2.45) is 0 Å². The Morgan fingerprint density at radius 3 is 2.27 bits per heavy atom. The lowest BCUT2D eigenvalue weighted by Crippen LogP contribution is -2.21. The Hall–Kier alpha value is -2.69. The smallest absolute Gasteiger partial charge is 0.174 e. The minimum atomic E-state index is -0.513. The van der Waals surface area contributed by atoms with Crippen molar-refractivity contribution in [3.8, 4) is 23.0 Å². The van der Waals surface area contributed by atoms with Gasteiger partial charge < -0.3 is 20.1 Å². The van der Waals surface area contributed by atoms with Crippen LogP contribution in [0.25, 0.3) is 0 Å². The van der Waals surface area contributed by atoms with Gasteiger partial charge in [0, 0.05) is 11.1 Å². The van der Waals surface area contributed by atoms with Crippen molar-refractivity contribution >= 4 is 5.78 Å². The number of carbonyl (C=O) groups excluding carboxylic acids is 1. The predicted molar refractivity (Wildman–Crippen MR) is 79.7 cm³/mol. The van der Waals surface area contributed by atoms with Crippen LogP contribution in [0.1, 0.15) is 39.6 Å². The van der Waals surface area contributed by atoms with Crippen molar-refractivity contribution < 1.29 is 24.9 Å². The molecule has 3 rings (SSSR count). The van der Waals surface area contributed by atoms with Gasteiger partial charge in [-0.05, 0) is 31.5 Å². The molecule has 0 amide bonds. The van der Waals surface area contributed by atoms with Crippen LogP contribution in [0.3, 0.4) is 0 Å². The first kappa shape index (κ1) is 14.3. The summed E-state index contributed by atoms with van der Waals surface area (Å²) in [5.41, 5.74) is 1.58. The molecule has 22 heavy (non-hydrogen) atoms. The summed E-state index contributed by atoms with van der Waals surface area (Å²) in [5, 5.41) is 29.5. The van der Waals surface area contributed by atoms with Crippen molar-refractivity contribution in [1.82, 2.24) is 0 Å². The molecule has 1 aliphatic rings. The van der Waals surface area contributed by atoms with Crippen LogP contribution in [0.5, 0.6) is 23.0 Å². The van der Waals surface area contributed by atoms with Crippen molar-refractivity contribution in [3.63, 3.8) is 0 Å². The number of Topliss-reactive ketones (excluding diaryl/α,β-unsaturated/α-hetero) is 1. The van der Waals surface area contributed by atoms with E-state index in [0.29, 0.717) is 5.56 Å². The van der Waals surface area contributed by atoms with Crippen LogP contribution in [0, 0.1) is 13.8 Å². The molecule has 1 aliphatic heterocycles. The van der Waals surface area contributed by atoms with Crippen LogP contribution in [-0.2, 0) is 0 Å². The molecule has 5 heteroatoms. The third-order valence-electron chi connectivity index (χ3n) is 4.04. The zero-order valence-electron chi connectivity index (χ0n) is 12.3. The zero-order chi connectivity index (χ0) is 16.0. The molecule has 0 spiro atoms. The van der Waals surface area contributed by atoms with Gasteiger partial charge in [-0.25, -0.2) is 0 Å². The topological polar surface area (TPSA) is 87.0 Å². The maximum Gasteiger partial charge on any atom is 0.174 e. The van der Waals surface area contributed by atoms with Gasteiger partial charge in [-0.15, -0.1) is 0 Å². The van der Waals surface area contributed by atoms with Crippen molar-refractivity contribution in [2.75, 3.05) is 0 Å². The van der Waals surface area contributed by atoms with Crippen molar-refractivity contribution in [2.45, 2.75) is 26.4 Å². The monoisotopic (exact) mass is 300 g/mol. The summed E-state index contributed by atoms with van der Waals surface area (Å²) in [6, 6.07) is 6.41. The van der Waals surface area contributed by atoms with E-state index in [-0.39, 0.29) is 46.3 Å². The lowest BCUT2D eigenvalue weighted by atomic mass is 9.92. The van der Waals surface area contributed by atoms with Crippen LogP contribution in [0.4, 0.5) is 0 Å². The van der Waals surface area contributed by atoms with Gasteiger partial charge in [0.05, 0.1) is 6.42 Å². The molecule has 0 fully saturated rings. The Kier molecular flexibility index (Phi) is 3.20. The summed E-state index contributed by atoms with van der Waals surface area (Å²) in [6.45, 7) is 3.20. The number of fused-ring (bicyclic) bond motifs is 1. The Morgan fingerprint density at radius 1 is 1.00 bits per heavy atom. The molecule has 0 aromatic heterocycles. The molecule has 0 bridgehead atoms. The molecule has 0 saturated heterocycles. The maximum absolute atomic E-state index is 12.4. The van der Waals surface area contributed by atoms with Crippen molar-refractivity contribution in [1.29, 1.82) is 0 Å². The van der Waals surface area contributed by atoms with Crippen molar-refractivity contribution in [3.05, 3.63) is 46.5 Å². The Labute approximate surface area is 127 Å². The number of phenols is 3. The van der Waals surface area contributed by atoms with Gasteiger partial charge in [-0.1, -0.05) is 12.1 Å². The summed E-state index contributed by atoms with van der Waals surface area (Å²) >= 11 is 0. The van der Waals surface area contributed by atoms with E-state index >= 15 is 0 Å². The lowest BCUT2D eigenvalue weighted by molar-refractivity contribution is 0.0842. The number of hydrogen-bond donors (Lipinski definition) is 3. The second kappa shape index (κ2) is 4.94. The van der Waals surface area contributed by atoms with E-state index in [2.05, 4.69) is 0 Å². The second-order valence-electron chi connectivity index (χ2n) is 5.48. The fourth-order valence-electron chi connectivity index (χ4n) is 2.72. The highest BCUT2D eigenvalue weighted by Gasteiger charge is 2.33. The highest BCUT2D eigenvalue weighted by Crippen LogP contribution is 2.47. The summed E-state index contributed by atoms with van der Waals surface area (Å²) in [4.78, 5) is 12.4. The summed E-state index contributed by atoms with van der Waals surface area (Å²) in [6.07, 6.45) is -0.421. The lowest BCUT2D eigenvalue weighted by Gasteiger charge is -2.28. The molecule has 5 nitrogen and oxygen atoms in total. The number of rotatable bonds is 1. The molecule has 0 aliphatic carbocycles. The average Bonchev–Trinajstić information content (AvgIpc) is 2.50. The van der Waals surface area contributed by atoms with E-state index in [9.17, 15) is 20.1 Å². The van der Waals surface area contributed by atoms with E-state index in [0.717, 1.165) is 5.56 Å². The molecule has 114 valence electrons. The summed E-state index contributed by atoms with van der Waals surface area (Å²) in [7, 11) is 0. The van der Waals surface area contributed by atoms with E-state index in [1.54, 1.807) is 26.0 Å². The molecule has 0 radical (unpaired) electrons. The first-order valence-corrected chi connectivity index (χ1v) is 6.94. The number of aromatic hydroxyl groups is 3. The maximum atomic E-state index is 12.4. The highest BCUT2D eigenvalue weighted by molar-refractivity contribution is 6.03. The molecule has 1 atom stereocenters. The number of carbonyl (C=O) groups is 1. The minimum absolute atomic E-state index is 0.0737. The first-order chi connectivity index (χ1) is 10.4. The molecular formula is C17H16O5. The average molecular weight is 300 g/mol. The Morgan fingerprint density at radius 2 is 1.64 bits per heavy atom. The molecule has 2 aromatic rings. The molecule has 0 saturated carbocycles. The fraction of sp³-hybridized carbons (Fsp3) is 0.235. The largest absolute Gasteiger partial charge is 0.508 e. The molecule has 1 heterocycles. The van der Waals surface area contributed by atoms with Gasteiger partial charge in [0.2, 0.25) is 0 Å². The SMILES string of the molecule is Cc1c(O)c(C)c2c(c1O)C(=O)C[C@@H](c1ccc(O)cc1)O2. The van der Waals surface area contributed by atoms with Crippen LogP contribution in [0.15, 0.2) is 24.3 Å². The third-order valence-corrected chi connectivity index (χ3v) is 4.04. The third kappa shape index (κ3) is 2.06. The van der Waals surface area contributed by atoms with Crippen LogP contribution in [-0.4, -0.2) is 21.1 Å². The van der Waals surface area contributed by atoms with Gasteiger partial charge in [0.15, 0.2) is 5.78 Å². The molecule has 3 N–H and O–H groups in total. The van der Waals surface area contributed by atoms with E-state index in [4.69, 9.17) is 4.74 Å².